The normalized spacial score (nSPS) is 11.4. The molecule has 0 atom stereocenters. The Kier molecular flexibility index (Phi) is 2.23. The van der Waals surface area contributed by atoms with Crippen LogP contribution < -0.4 is 5.56 Å². The molecule has 3 aromatic rings. The molecule has 2 heteroatoms. The minimum absolute atomic E-state index is 0.00901. The highest BCUT2D eigenvalue weighted by molar-refractivity contribution is 5.96. The molecule has 0 spiro atoms. The molecule has 0 bridgehead atoms. The van der Waals surface area contributed by atoms with Gasteiger partial charge in [0.1, 0.15) is 0 Å². The zero-order chi connectivity index (χ0) is 13.2. The van der Waals surface area contributed by atoms with Crippen LogP contribution in [-0.2, 0) is 0 Å². The second-order valence-electron chi connectivity index (χ2n) is 4.22. The highest BCUT2D eigenvalue weighted by Crippen LogP contribution is 2.26. The van der Waals surface area contributed by atoms with Crippen molar-refractivity contribution in [2.45, 2.75) is 6.90 Å². The van der Waals surface area contributed by atoms with Gasteiger partial charge in [-0.1, -0.05) is 54.6 Å². The largest absolute Gasteiger partial charge is 0.321 e. The summed E-state index contributed by atoms with van der Waals surface area (Å²) >= 11 is 0. The molecule has 1 N–H and O–H groups in total. The van der Waals surface area contributed by atoms with Gasteiger partial charge in [0.25, 0.3) is 5.56 Å². The van der Waals surface area contributed by atoms with Gasteiger partial charge in [0.2, 0.25) is 0 Å². The van der Waals surface area contributed by atoms with E-state index in [0.717, 1.165) is 22.0 Å². The van der Waals surface area contributed by atoms with E-state index < -0.39 is 0 Å². The van der Waals surface area contributed by atoms with Crippen LogP contribution in [0.15, 0.2) is 59.4 Å². The van der Waals surface area contributed by atoms with Gasteiger partial charge in [-0.15, -0.1) is 0 Å². The zero-order valence-electron chi connectivity index (χ0n) is 10.8. The number of aryl methyl sites for hydroxylation is 1. The summed E-state index contributed by atoms with van der Waals surface area (Å²) in [5.74, 6) is 0. The topological polar surface area (TPSA) is 32.9 Å². The summed E-state index contributed by atoms with van der Waals surface area (Å²) in [6.07, 6.45) is 0. The number of hydrogen-bond donors (Lipinski definition) is 1. The molecule has 1 aromatic heterocycles. The Morgan fingerprint density at radius 1 is 0.944 bits per heavy atom. The number of fused-ring (bicyclic) bond motifs is 1. The van der Waals surface area contributed by atoms with Crippen LogP contribution in [0.1, 0.15) is 6.93 Å². The van der Waals surface area contributed by atoms with Crippen molar-refractivity contribution < 1.29 is 1.37 Å². The van der Waals surface area contributed by atoms with Gasteiger partial charge in [0.15, 0.2) is 0 Å². The van der Waals surface area contributed by atoms with Crippen molar-refractivity contribution in [2.75, 3.05) is 0 Å². The first-order valence-corrected chi connectivity index (χ1v) is 5.80. The Labute approximate surface area is 106 Å². The van der Waals surface area contributed by atoms with Crippen LogP contribution in [0.2, 0.25) is 0 Å². The third-order valence-electron chi connectivity index (χ3n) is 3.10. The predicted molar refractivity (Wildman–Crippen MR) is 74.7 cm³/mol. The molecule has 0 fully saturated rings. The van der Waals surface area contributed by atoms with Gasteiger partial charge in [0.05, 0.1) is 5.69 Å². The SMILES string of the molecule is [2H]Cc1c(=O)[nH]c(-c2ccccc2)c2ccccc12. The molecule has 0 aliphatic rings. The van der Waals surface area contributed by atoms with Crippen molar-refractivity contribution in [3.05, 3.63) is 70.5 Å². The molecule has 0 aliphatic carbocycles. The Morgan fingerprint density at radius 2 is 1.61 bits per heavy atom. The maximum atomic E-state index is 12.1. The molecule has 0 saturated heterocycles. The summed E-state index contributed by atoms with van der Waals surface area (Å²) in [4.78, 5) is 15.0. The second kappa shape index (κ2) is 4.15. The first kappa shape index (κ1) is 9.66. The number of aromatic amines is 1. The summed E-state index contributed by atoms with van der Waals surface area (Å²) in [5.41, 5.74) is 2.15. The van der Waals surface area contributed by atoms with E-state index in [2.05, 4.69) is 4.98 Å². The van der Waals surface area contributed by atoms with Crippen molar-refractivity contribution in [1.82, 2.24) is 4.98 Å². The molecule has 1 heterocycles. The maximum Gasteiger partial charge on any atom is 0.251 e. The van der Waals surface area contributed by atoms with Crippen LogP contribution in [0.3, 0.4) is 0 Å². The van der Waals surface area contributed by atoms with Crippen molar-refractivity contribution in [2.24, 2.45) is 0 Å². The molecule has 0 aliphatic heterocycles. The van der Waals surface area contributed by atoms with Crippen molar-refractivity contribution in [3.8, 4) is 11.3 Å². The van der Waals surface area contributed by atoms with E-state index in [1.54, 1.807) is 0 Å². The molecule has 18 heavy (non-hydrogen) atoms. The van der Waals surface area contributed by atoms with Crippen molar-refractivity contribution in [1.29, 1.82) is 0 Å². The Hall–Kier alpha value is -2.35. The fraction of sp³-hybridized carbons (Fsp3) is 0.0625. The summed E-state index contributed by atoms with van der Waals surface area (Å²) in [5, 5.41) is 1.84. The van der Waals surface area contributed by atoms with Crippen LogP contribution in [0.5, 0.6) is 0 Å². The van der Waals surface area contributed by atoms with Gasteiger partial charge in [-0.05, 0) is 17.8 Å². The number of hydrogen-bond acceptors (Lipinski definition) is 1. The van der Waals surface area contributed by atoms with E-state index in [1.165, 1.54) is 0 Å². The van der Waals surface area contributed by atoms with Gasteiger partial charge >= 0.3 is 0 Å². The molecule has 3 rings (SSSR count). The lowest BCUT2D eigenvalue weighted by molar-refractivity contribution is 1.22. The maximum absolute atomic E-state index is 12.1. The Bertz CT molecular complexity index is 778. The van der Waals surface area contributed by atoms with Crippen LogP contribution >= 0.6 is 0 Å². The highest BCUT2D eigenvalue weighted by Gasteiger charge is 2.08. The lowest BCUT2D eigenvalue weighted by Crippen LogP contribution is -2.11. The molecule has 0 saturated carbocycles. The van der Waals surface area contributed by atoms with Gasteiger partial charge in [-0.3, -0.25) is 4.79 Å². The van der Waals surface area contributed by atoms with Gasteiger partial charge in [0, 0.05) is 12.3 Å². The predicted octanol–water partition coefficient (Wildman–Crippen LogP) is 3.50. The van der Waals surface area contributed by atoms with Crippen LogP contribution in [0, 0.1) is 6.90 Å². The van der Waals surface area contributed by atoms with Gasteiger partial charge in [-0.2, -0.15) is 0 Å². The van der Waals surface area contributed by atoms with Crippen LogP contribution in [0.4, 0.5) is 0 Å². The third kappa shape index (κ3) is 1.63. The molecular weight excluding hydrogens is 222 g/mol. The summed E-state index contributed by atoms with van der Waals surface area (Å²) in [6.45, 7) is -0.00901. The summed E-state index contributed by atoms with van der Waals surface area (Å²) < 4.78 is 7.52. The summed E-state index contributed by atoms with van der Waals surface area (Å²) in [7, 11) is 0. The second-order valence-corrected chi connectivity index (χ2v) is 4.22. The van der Waals surface area contributed by atoms with Crippen LogP contribution in [-0.4, -0.2) is 4.98 Å². The lowest BCUT2D eigenvalue weighted by Gasteiger charge is -2.08. The number of H-pyrrole nitrogens is 1. The molecule has 0 radical (unpaired) electrons. The Morgan fingerprint density at radius 3 is 2.33 bits per heavy atom. The van der Waals surface area contributed by atoms with E-state index in [4.69, 9.17) is 1.37 Å². The summed E-state index contributed by atoms with van der Waals surface area (Å²) in [6, 6.07) is 17.5. The Balaban J connectivity index is 2.42. The van der Waals surface area contributed by atoms with E-state index in [-0.39, 0.29) is 12.5 Å². The fourth-order valence-corrected chi connectivity index (χ4v) is 2.18. The molecule has 0 unspecified atom stereocenters. The van der Waals surface area contributed by atoms with Crippen LogP contribution in [0.25, 0.3) is 22.0 Å². The van der Waals surface area contributed by atoms with Crippen molar-refractivity contribution in [3.63, 3.8) is 0 Å². The lowest BCUT2D eigenvalue weighted by atomic mass is 10.0. The van der Waals surface area contributed by atoms with Crippen molar-refractivity contribution >= 4 is 10.8 Å². The number of pyridine rings is 1. The number of nitrogens with one attached hydrogen (secondary N) is 1. The zero-order valence-corrected chi connectivity index (χ0v) is 9.81. The van der Waals surface area contributed by atoms with E-state index in [0.29, 0.717) is 5.56 Å². The first-order valence-electron chi connectivity index (χ1n) is 6.50. The molecule has 2 nitrogen and oxygen atoms in total. The quantitative estimate of drug-likeness (QED) is 0.689. The number of aromatic nitrogens is 1. The molecular formula is C16H13NO. The standard InChI is InChI=1S/C16H13NO/c1-11-13-9-5-6-10-14(13)15(17-16(11)18)12-7-3-2-4-8-12/h2-10H,1H3,(H,17,18)/i1D. The van der Waals surface area contributed by atoms with Gasteiger partial charge < -0.3 is 4.98 Å². The van der Waals surface area contributed by atoms with E-state index in [1.807, 2.05) is 54.6 Å². The third-order valence-corrected chi connectivity index (χ3v) is 3.10. The highest BCUT2D eigenvalue weighted by atomic mass is 16.1. The van der Waals surface area contributed by atoms with E-state index >= 15 is 0 Å². The fourth-order valence-electron chi connectivity index (χ4n) is 2.18. The molecule has 88 valence electrons. The first-order chi connectivity index (χ1) is 9.31. The minimum atomic E-state index is -0.174. The smallest absolute Gasteiger partial charge is 0.251 e. The van der Waals surface area contributed by atoms with E-state index in [9.17, 15) is 4.79 Å². The molecule has 0 amide bonds. The molecule has 2 aromatic carbocycles. The number of rotatable bonds is 1. The van der Waals surface area contributed by atoms with Gasteiger partial charge in [-0.25, -0.2) is 0 Å². The monoisotopic (exact) mass is 236 g/mol. The number of benzene rings is 2. The average molecular weight is 236 g/mol. The average Bonchev–Trinajstić information content (AvgIpc) is 2.47. The minimum Gasteiger partial charge on any atom is -0.321 e.